The Morgan fingerprint density at radius 3 is 2.56 bits per heavy atom. The van der Waals surface area contributed by atoms with Gasteiger partial charge >= 0.3 is 5.97 Å². The fourth-order valence-corrected chi connectivity index (χ4v) is 12.2. The van der Waals surface area contributed by atoms with Crippen molar-refractivity contribution < 1.29 is 19.4 Å². The number of carbonyl (C=O) groups excluding carboxylic acids is 1. The van der Waals surface area contributed by atoms with Gasteiger partial charge in [0.2, 0.25) is 0 Å². The van der Waals surface area contributed by atoms with Gasteiger partial charge < -0.3 is 14.6 Å². The van der Waals surface area contributed by atoms with Gasteiger partial charge in [-0.3, -0.25) is 9.69 Å². The van der Waals surface area contributed by atoms with Crippen LogP contribution in [0.25, 0.3) is 0 Å². The van der Waals surface area contributed by atoms with E-state index >= 15 is 0 Å². The zero-order valence-corrected chi connectivity index (χ0v) is 26.2. The van der Waals surface area contributed by atoms with E-state index in [0.717, 1.165) is 63.6 Å². The number of hydrogen-bond donors (Lipinski definition) is 1. The Morgan fingerprint density at radius 2 is 1.93 bits per heavy atom. The van der Waals surface area contributed by atoms with E-state index in [1.54, 1.807) is 0 Å². The van der Waals surface area contributed by atoms with Crippen molar-refractivity contribution in [3.63, 3.8) is 0 Å². The summed E-state index contributed by atoms with van der Waals surface area (Å²) in [6.07, 6.45) is 17.7. The van der Waals surface area contributed by atoms with Crippen LogP contribution in [0.15, 0.2) is 24.3 Å². The third kappa shape index (κ3) is 3.92. The van der Waals surface area contributed by atoms with Crippen LogP contribution in [0, 0.1) is 57.7 Å². The van der Waals surface area contributed by atoms with E-state index < -0.39 is 22.2 Å². The maximum atomic E-state index is 14.0. The van der Waals surface area contributed by atoms with Gasteiger partial charge in [-0.15, -0.1) is 6.58 Å². The molecule has 1 aliphatic heterocycles. The number of hydrogen-bond acceptors (Lipinski definition) is 4. The second-order valence-electron chi connectivity index (χ2n) is 15.4. The maximum absolute atomic E-state index is 14.0. The number of carboxylic acid groups (broad SMARTS) is 1. The van der Waals surface area contributed by atoms with Gasteiger partial charge in [0.25, 0.3) is 0 Å². The van der Waals surface area contributed by atoms with E-state index in [1.807, 2.05) is 6.08 Å². The average molecular weight is 566 g/mol. The van der Waals surface area contributed by atoms with Crippen LogP contribution in [-0.2, 0) is 14.3 Å². The van der Waals surface area contributed by atoms with Crippen molar-refractivity contribution in [3.8, 4) is 0 Å². The predicted octanol–water partition coefficient (Wildman–Crippen LogP) is 7.16. The standard InChI is InChI=1S/C36H55NO4/c1-6-15-37(16-7-2)21-31-27(25-11-9-8-10-12-25)18-32(41-31)35-20-28-24(5)13-14-29(28)34(22-38)19-26(35)17-30(23(3)4)36(34,35)33(39)40/h6,17,22-29,31-32H,1,7-16,18-21H2,2-5H3,(H,39,40)/t24-,26?,27?,28-,29-,31?,32?,34?,35?,36+/m1/s1. The highest BCUT2D eigenvalue weighted by atomic mass is 16.5. The lowest BCUT2D eigenvalue weighted by Gasteiger charge is -2.60. The quantitative estimate of drug-likeness (QED) is 0.213. The van der Waals surface area contributed by atoms with Gasteiger partial charge in [-0.05, 0) is 80.1 Å². The molecular weight excluding hydrogens is 510 g/mol. The molecule has 10 atom stereocenters. The van der Waals surface area contributed by atoms with E-state index in [9.17, 15) is 14.7 Å². The Morgan fingerprint density at radius 1 is 1.17 bits per heavy atom. The van der Waals surface area contributed by atoms with Crippen molar-refractivity contribution in [3.05, 3.63) is 24.3 Å². The molecular formula is C36H55NO4. The third-order valence-corrected chi connectivity index (χ3v) is 13.5. The average Bonchev–Trinajstić information content (AvgIpc) is 3.67. The number of allylic oxidation sites excluding steroid dienone is 1. The predicted molar refractivity (Wildman–Crippen MR) is 162 cm³/mol. The highest BCUT2D eigenvalue weighted by molar-refractivity contribution is 5.90. The molecule has 1 heterocycles. The molecule has 0 aromatic rings. The molecule has 6 rings (SSSR count). The van der Waals surface area contributed by atoms with E-state index in [4.69, 9.17) is 4.74 Å². The molecule has 6 unspecified atom stereocenters. The second kappa shape index (κ2) is 10.9. The van der Waals surface area contributed by atoms with Gasteiger partial charge in [-0.25, -0.2) is 0 Å². The summed E-state index contributed by atoms with van der Waals surface area (Å²) >= 11 is 0. The molecule has 5 nitrogen and oxygen atoms in total. The van der Waals surface area contributed by atoms with Crippen molar-refractivity contribution in [2.45, 2.75) is 111 Å². The molecule has 0 spiro atoms. The summed E-state index contributed by atoms with van der Waals surface area (Å²) < 4.78 is 7.38. The molecule has 0 aromatic carbocycles. The largest absolute Gasteiger partial charge is 0.481 e. The second-order valence-corrected chi connectivity index (χ2v) is 15.4. The molecule has 5 heteroatoms. The minimum absolute atomic E-state index is 0.101. The molecule has 6 aliphatic rings. The Hall–Kier alpha value is -1.46. The van der Waals surface area contributed by atoms with Gasteiger partial charge in [0, 0.05) is 18.5 Å². The lowest BCUT2D eigenvalue weighted by atomic mass is 9.41. The first-order chi connectivity index (χ1) is 19.7. The molecule has 4 bridgehead atoms. The lowest BCUT2D eigenvalue weighted by molar-refractivity contribution is -0.197. The molecule has 1 saturated heterocycles. The fourth-order valence-electron chi connectivity index (χ4n) is 12.2. The fraction of sp³-hybridized carbons (Fsp3) is 0.833. The number of ether oxygens (including phenoxy) is 1. The summed E-state index contributed by atoms with van der Waals surface area (Å²) in [6.45, 7) is 15.7. The molecule has 0 amide bonds. The minimum Gasteiger partial charge on any atom is -0.481 e. The number of carboxylic acids is 1. The molecule has 5 aliphatic carbocycles. The van der Waals surface area contributed by atoms with Gasteiger partial charge in [0.05, 0.1) is 17.6 Å². The summed E-state index contributed by atoms with van der Waals surface area (Å²) in [5.74, 6) is 1.68. The number of rotatable bonds is 11. The monoisotopic (exact) mass is 565 g/mol. The smallest absolute Gasteiger partial charge is 0.315 e. The number of aliphatic carboxylic acids is 1. The van der Waals surface area contributed by atoms with Crippen molar-refractivity contribution >= 4 is 12.3 Å². The summed E-state index contributed by atoms with van der Waals surface area (Å²) in [5.41, 5.74) is -1.46. The summed E-state index contributed by atoms with van der Waals surface area (Å²) in [7, 11) is 0. The number of carbonyl (C=O) groups is 2. The maximum Gasteiger partial charge on any atom is 0.315 e. The summed E-state index contributed by atoms with van der Waals surface area (Å²) in [5, 5.41) is 11.5. The number of nitrogens with zero attached hydrogens (tertiary/aromatic N) is 1. The zero-order chi connectivity index (χ0) is 29.2. The first kappa shape index (κ1) is 29.6. The van der Waals surface area contributed by atoms with Crippen LogP contribution in [0.3, 0.4) is 0 Å². The van der Waals surface area contributed by atoms with Crippen molar-refractivity contribution in [2.24, 2.45) is 57.7 Å². The molecule has 228 valence electrons. The highest BCUT2D eigenvalue weighted by Gasteiger charge is 2.86. The summed E-state index contributed by atoms with van der Waals surface area (Å²) in [4.78, 5) is 30.1. The van der Waals surface area contributed by atoms with Crippen LogP contribution in [-0.4, -0.2) is 54.1 Å². The van der Waals surface area contributed by atoms with E-state index in [-0.39, 0.29) is 30.0 Å². The van der Waals surface area contributed by atoms with Gasteiger partial charge in [0.1, 0.15) is 11.7 Å². The van der Waals surface area contributed by atoms with Crippen LogP contribution in [0.5, 0.6) is 0 Å². The molecule has 5 fully saturated rings. The van der Waals surface area contributed by atoms with E-state index in [1.165, 1.54) is 32.1 Å². The van der Waals surface area contributed by atoms with Crippen LogP contribution in [0.2, 0.25) is 0 Å². The van der Waals surface area contributed by atoms with Crippen LogP contribution < -0.4 is 0 Å². The first-order valence-corrected chi connectivity index (χ1v) is 17.1. The molecule has 0 aromatic heterocycles. The Labute approximate surface area is 248 Å². The van der Waals surface area contributed by atoms with Crippen LogP contribution in [0.4, 0.5) is 0 Å². The normalized spacial score (nSPS) is 45.3. The van der Waals surface area contributed by atoms with E-state index in [0.29, 0.717) is 30.1 Å². The highest BCUT2D eigenvalue weighted by Crippen LogP contribution is 2.84. The van der Waals surface area contributed by atoms with Gasteiger partial charge in [0.15, 0.2) is 0 Å². The molecule has 1 N–H and O–H groups in total. The topological polar surface area (TPSA) is 66.8 Å². The van der Waals surface area contributed by atoms with Gasteiger partial charge in [-0.1, -0.05) is 83.9 Å². The Bertz CT molecular complexity index is 1060. The lowest BCUT2D eigenvalue weighted by Crippen LogP contribution is -2.65. The number of aldehydes is 1. The van der Waals surface area contributed by atoms with E-state index in [2.05, 4.69) is 45.2 Å². The minimum atomic E-state index is -1.15. The first-order valence-electron chi connectivity index (χ1n) is 17.1. The Balaban J connectivity index is 1.46. The van der Waals surface area contributed by atoms with Crippen molar-refractivity contribution in [2.75, 3.05) is 19.6 Å². The van der Waals surface area contributed by atoms with Gasteiger partial charge in [-0.2, -0.15) is 0 Å². The zero-order valence-electron chi connectivity index (χ0n) is 26.2. The molecule has 0 radical (unpaired) electrons. The van der Waals surface area contributed by atoms with Crippen LogP contribution in [0.1, 0.15) is 98.3 Å². The van der Waals surface area contributed by atoms with Crippen molar-refractivity contribution in [1.29, 1.82) is 0 Å². The SMILES string of the molecule is C=CCN(CCC)CC1OC(C23C[C@@H]4[C@H](C)CC[C@H]4C4(C=O)CC2C=C(C(C)C)[C@@]34C(=O)O)CC1C1CCCCC1. The van der Waals surface area contributed by atoms with Crippen molar-refractivity contribution in [1.82, 2.24) is 4.90 Å². The molecule has 41 heavy (non-hydrogen) atoms. The molecule has 4 saturated carbocycles. The number of fused-ring (bicyclic) bond motifs is 2. The summed E-state index contributed by atoms with van der Waals surface area (Å²) in [6, 6.07) is 0. The Kier molecular flexibility index (Phi) is 7.88. The van der Waals surface area contributed by atoms with Crippen LogP contribution >= 0.6 is 0 Å². The third-order valence-electron chi connectivity index (χ3n) is 13.5.